The Morgan fingerprint density at radius 3 is 2.52 bits per heavy atom. The van der Waals surface area contributed by atoms with Crippen LogP contribution < -0.4 is 0 Å². The van der Waals surface area contributed by atoms with E-state index in [9.17, 15) is 10.0 Å². The molecular weight excluding hydrogens is 392 g/mol. The molecule has 0 aliphatic heterocycles. The van der Waals surface area contributed by atoms with Gasteiger partial charge in [0.25, 0.3) is 5.91 Å². The molecule has 0 saturated heterocycles. The van der Waals surface area contributed by atoms with Crippen LogP contribution >= 0.6 is 0 Å². The molecule has 0 spiro atoms. The third-order valence-electron chi connectivity index (χ3n) is 5.59. The summed E-state index contributed by atoms with van der Waals surface area (Å²) in [4.78, 5) is 20.8. The summed E-state index contributed by atoms with van der Waals surface area (Å²) in [5, 5.41) is 12.6. The largest absolute Gasteiger partial charge is 0.450 e. The van der Waals surface area contributed by atoms with Gasteiger partial charge in [-0.1, -0.05) is 17.3 Å². The van der Waals surface area contributed by atoms with Gasteiger partial charge in [0.2, 0.25) is 0 Å². The minimum absolute atomic E-state index is 0.153. The Balaban J connectivity index is 1.74. The molecule has 0 fully saturated rings. The van der Waals surface area contributed by atoms with Crippen LogP contribution in [0.4, 0.5) is 0 Å². The van der Waals surface area contributed by atoms with E-state index in [1.165, 1.54) is 0 Å². The lowest BCUT2D eigenvalue weighted by Gasteiger charge is -2.18. The van der Waals surface area contributed by atoms with E-state index in [0.717, 1.165) is 40.8 Å². The van der Waals surface area contributed by atoms with Crippen LogP contribution in [-0.4, -0.2) is 65.8 Å². The summed E-state index contributed by atoms with van der Waals surface area (Å²) < 4.78 is 6.15. The molecule has 0 atom stereocenters. The van der Waals surface area contributed by atoms with Gasteiger partial charge < -0.3 is 19.4 Å². The van der Waals surface area contributed by atoms with Crippen LogP contribution in [0.3, 0.4) is 0 Å². The lowest BCUT2D eigenvalue weighted by molar-refractivity contribution is 0.0756. The van der Waals surface area contributed by atoms with Crippen molar-refractivity contribution >= 4 is 11.6 Å². The number of oxime groups is 1. The summed E-state index contributed by atoms with van der Waals surface area (Å²) in [7, 11) is 5.74. The SMILES string of the molecule is CN(C)CCN(C)C(=O)c1cc(-c2ccncc2)c(-c2ccc3c(c2)CCC3=NO)o1. The third-order valence-corrected chi connectivity index (χ3v) is 5.59. The lowest BCUT2D eigenvalue weighted by Crippen LogP contribution is -2.33. The van der Waals surface area contributed by atoms with Crippen molar-refractivity contribution in [2.24, 2.45) is 5.16 Å². The van der Waals surface area contributed by atoms with Crippen molar-refractivity contribution in [1.29, 1.82) is 0 Å². The first kappa shape index (κ1) is 20.8. The van der Waals surface area contributed by atoms with E-state index in [2.05, 4.69) is 16.2 Å². The highest BCUT2D eigenvalue weighted by molar-refractivity contribution is 6.04. The van der Waals surface area contributed by atoms with Crippen molar-refractivity contribution in [3.63, 3.8) is 0 Å². The van der Waals surface area contributed by atoms with Crippen LogP contribution in [0, 0.1) is 0 Å². The van der Waals surface area contributed by atoms with Gasteiger partial charge in [-0.05, 0) is 62.3 Å². The summed E-state index contributed by atoms with van der Waals surface area (Å²) in [5.74, 6) is 0.799. The Kier molecular flexibility index (Phi) is 5.86. The zero-order valence-electron chi connectivity index (χ0n) is 18.0. The van der Waals surface area contributed by atoms with Gasteiger partial charge in [-0.25, -0.2) is 0 Å². The number of pyridine rings is 1. The second-order valence-corrected chi connectivity index (χ2v) is 8.04. The third kappa shape index (κ3) is 4.22. The summed E-state index contributed by atoms with van der Waals surface area (Å²) in [6.45, 7) is 1.38. The Hall–Kier alpha value is -3.45. The molecule has 1 amide bonds. The molecule has 1 aliphatic carbocycles. The number of carbonyl (C=O) groups excluding carboxylic acids is 1. The fraction of sp³-hybridized carbons (Fsp3) is 0.292. The van der Waals surface area contributed by atoms with Gasteiger partial charge in [-0.2, -0.15) is 0 Å². The normalized spacial score (nSPS) is 14.3. The van der Waals surface area contributed by atoms with Crippen molar-refractivity contribution in [3.05, 3.63) is 65.7 Å². The number of aryl methyl sites for hydroxylation is 1. The van der Waals surface area contributed by atoms with Crippen LogP contribution in [-0.2, 0) is 6.42 Å². The summed E-state index contributed by atoms with van der Waals surface area (Å²) >= 11 is 0. The molecule has 1 aromatic carbocycles. The smallest absolute Gasteiger partial charge is 0.289 e. The van der Waals surface area contributed by atoms with E-state index in [4.69, 9.17) is 4.42 Å². The standard InChI is InChI=1S/C24H26N4O3/c1-27(2)12-13-28(3)24(29)22-15-20(16-8-10-25-11-9-16)23(31-22)18-4-6-19-17(14-18)5-7-21(19)26-30/h4,6,8-11,14-15,30H,5,7,12-13H2,1-3H3. The second-order valence-electron chi connectivity index (χ2n) is 8.04. The van der Waals surface area contributed by atoms with E-state index in [1.54, 1.807) is 24.3 Å². The maximum absolute atomic E-state index is 13.0. The predicted molar refractivity (Wildman–Crippen MR) is 120 cm³/mol. The number of carbonyl (C=O) groups is 1. The van der Waals surface area contributed by atoms with E-state index in [-0.39, 0.29) is 5.91 Å². The van der Waals surface area contributed by atoms with Crippen LogP contribution in [0.5, 0.6) is 0 Å². The van der Waals surface area contributed by atoms with Crippen molar-refractivity contribution in [3.8, 4) is 22.5 Å². The molecule has 4 rings (SSSR count). The molecule has 0 bridgehead atoms. The topological polar surface area (TPSA) is 82.2 Å². The van der Waals surface area contributed by atoms with Gasteiger partial charge in [-0.3, -0.25) is 9.78 Å². The molecule has 0 unspecified atom stereocenters. The number of aromatic nitrogens is 1. The van der Waals surface area contributed by atoms with Crippen LogP contribution in [0.25, 0.3) is 22.5 Å². The number of fused-ring (bicyclic) bond motifs is 1. The number of likely N-dealkylation sites (N-methyl/N-ethyl adjacent to an activating group) is 2. The fourth-order valence-electron chi connectivity index (χ4n) is 3.81. The van der Waals surface area contributed by atoms with E-state index >= 15 is 0 Å². The maximum Gasteiger partial charge on any atom is 0.289 e. The average molecular weight is 418 g/mol. The first-order valence-electron chi connectivity index (χ1n) is 10.3. The summed E-state index contributed by atoms with van der Waals surface area (Å²) in [6.07, 6.45) is 4.98. The van der Waals surface area contributed by atoms with Gasteiger partial charge in [-0.15, -0.1) is 0 Å². The first-order chi connectivity index (χ1) is 15.0. The minimum atomic E-state index is -0.153. The number of rotatable bonds is 6. The molecule has 1 aliphatic rings. The van der Waals surface area contributed by atoms with Crippen molar-refractivity contribution < 1.29 is 14.4 Å². The van der Waals surface area contributed by atoms with Crippen molar-refractivity contribution in [1.82, 2.24) is 14.8 Å². The highest BCUT2D eigenvalue weighted by atomic mass is 16.4. The van der Waals surface area contributed by atoms with Gasteiger partial charge in [0.1, 0.15) is 5.76 Å². The zero-order valence-corrected chi connectivity index (χ0v) is 18.0. The Morgan fingerprint density at radius 2 is 1.81 bits per heavy atom. The highest BCUT2D eigenvalue weighted by Crippen LogP contribution is 2.37. The maximum atomic E-state index is 13.0. The van der Waals surface area contributed by atoms with E-state index in [0.29, 0.717) is 30.2 Å². The summed E-state index contributed by atoms with van der Waals surface area (Å²) in [5.41, 5.74) is 5.44. The number of benzene rings is 1. The molecule has 1 N–H and O–H groups in total. The number of nitrogens with zero attached hydrogens (tertiary/aromatic N) is 4. The number of furan rings is 1. The second kappa shape index (κ2) is 8.73. The van der Waals surface area contributed by atoms with Gasteiger partial charge in [0.05, 0.1) is 5.71 Å². The lowest BCUT2D eigenvalue weighted by atomic mass is 9.99. The van der Waals surface area contributed by atoms with Crippen molar-refractivity contribution in [2.45, 2.75) is 12.8 Å². The van der Waals surface area contributed by atoms with Gasteiger partial charge >= 0.3 is 0 Å². The summed E-state index contributed by atoms with van der Waals surface area (Å²) in [6, 6.07) is 11.6. The number of amides is 1. The fourth-order valence-corrected chi connectivity index (χ4v) is 3.81. The Bertz CT molecular complexity index is 1120. The predicted octanol–water partition coefficient (Wildman–Crippen LogP) is 3.77. The average Bonchev–Trinajstić information content (AvgIpc) is 3.41. The molecule has 7 heteroatoms. The molecule has 2 aromatic heterocycles. The van der Waals surface area contributed by atoms with Crippen LogP contribution in [0.2, 0.25) is 0 Å². The quantitative estimate of drug-likeness (QED) is 0.487. The molecule has 0 saturated carbocycles. The molecule has 0 radical (unpaired) electrons. The monoisotopic (exact) mass is 418 g/mol. The molecule has 31 heavy (non-hydrogen) atoms. The van der Waals surface area contributed by atoms with Gasteiger partial charge in [0, 0.05) is 49.2 Å². The van der Waals surface area contributed by atoms with E-state index < -0.39 is 0 Å². The molecule has 2 heterocycles. The van der Waals surface area contributed by atoms with Crippen LogP contribution in [0.15, 0.2) is 58.4 Å². The van der Waals surface area contributed by atoms with Crippen molar-refractivity contribution in [2.75, 3.05) is 34.2 Å². The van der Waals surface area contributed by atoms with Crippen LogP contribution in [0.1, 0.15) is 28.1 Å². The molecular formula is C24H26N4O3. The van der Waals surface area contributed by atoms with E-state index in [1.807, 2.05) is 49.3 Å². The first-order valence-corrected chi connectivity index (χ1v) is 10.3. The molecule has 160 valence electrons. The molecule has 3 aromatic rings. The Labute approximate surface area is 181 Å². The minimum Gasteiger partial charge on any atom is -0.450 e. The number of hydrogen-bond donors (Lipinski definition) is 1. The zero-order chi connectivity index (χ0) is 22.0. The highest BCUT2D eigenvalue weighted by Gasteiger charge is 2.24. The number of hydrogen-bond acceptors (Lipinski definition) is 6. The molecule has 7 nitrogen and oxygen atoms in total. The van der Waals surface area contributed by atoms with Gasteiger partial charge in [0.15, 0.2) is 5.76 Å². The Morgan fingerprint density at radius 1 is 1.03 bits per heavy atom.